The SMILES string of the molecule is C=C(C#N)C(C[N+](=O)[O-])c1ccc(Cl)cc1. The van der Waals surface area contributed by atoms with Crippen molar-refractivity contribution in [2.75, 3.05) is 6.54 Å². The number of nitro groups is 1. The Morgan fingerprint density at radius 2 is 2.12 bits per heavy atom. The fourth-order valence-corrected chi connectivity index (χ4v) is 1.46. The summed E-state index contributed by atoms with van der Waals surface area (Å²) in [7, 11) is 0. The van der Waals surface area contributed by atoms with E-state index in [9.17, 15) is 10.1 Å². The fourth-order valence-electron chi connectivity index (χ4n) is 1.34. The monoisotopic (exact) mass is 236 g/mol. The molecule has 0 saturated carbocycles. The maximum Gasteiger partial charge on any atom is 0.215 e. The summed E-state index contributed by atoms with van der Waals surface area (Å²) < 4.78 is 0. The van der Waals surface area contributed by atoms with Gasteiger partial charge in [0.2, 0.25) is 6.54 Å². The average Bonchev–Trinajstić information content (AvgIpc) is 2.26. The van der Waals surface area contributed by atoms with Crippen molar-refractivity contribution < 1.29 is 4.92 Å². The third-order valence-corrected chi connectivity index (χ3v) is 2.42. The minimum Gasteiger partial charge on any atom is -0.265 e. The Hall–Kier alpha value is -1.86. The first-order valence-corrected chi connectivity index (χ1v) is 4.88. The summed E-state index contributed by atoms with van der Waals surface area (Å²) in [6, 6.07) is 8.45. The standard InChI is InChI=1S/C11H9ClN2O2/c1-8(6-13)11(7-14(15)16)9-2-4-10(12)5-3-9/h2-5,11H,1,7H2. The molecule has 0 amide bonds. The van der Waals surface area contributed by atoms with Crippen LogP contribution in [-0.2, 0) is 0 Å². The maximum absolute atomic E-state index is 10.5. The van der Waals surface area contributed by atoms with E-state index in [2.05, 4.69) is 6.58 Å². The molecule has 0 bridgehead atoms. The molecule has 1 unspecified atom stereocenters. The largest absolute Gasteiger partial charge is 0.265 e. The van der Waals surface area contributed by atoms with Crippen molar-refractivity contribution >= 4 is 11.6 Å². The van der Waals surface area contributed by atoms with Crippen molar-refractivity contribution in [2.45, 2.75) is 5.92 Å². The third kappa shape index (κ3) is 3.07. The molecule has 0 saturated heterocycles. The van der Waals surface area contributed by atoms with Crippen LogP contribution in [-0.4, -0.2) is 11.5 Å². The van der Waals surface area contributed by atoms with Crippen molar-refractivity contribution in [2.24, 2.45) is 0 Å². The van der Waals surface area contributed by atoms with Gasteiger partial charge in [0.25, 0.3) is 0 Å². The molecule has 0 fully saturated rings. The summed E-state index contributed by atoms with van der Waals surface area (Å²) in [5.74, 6) is -0.586. The van der Waals surface area contributed by atoms with E-state index in [4.69, 9.17) is 16.9 Å². The predicted octanol–water partition coefficient (Wildman–Crippen LogP) is 2.78. The second kappa shape index (κ2) is 5.29. The lowest BCUT2D eigenvalue weighted by Gasteiger charge is -2.11. The normalized spacial score (nSPS) is 11.5. The van der Waals surface area contributed by atoms with E-state index in [1.807, 2.05) is 6.07 Å². The van der Waals surface area contributed by atoms with Crippen LogP contribution < -0.4 is 0 Å². The van der Waals surface area contributed by atoms with Gasteiger partial charge in [0, 0.05) is 15.5 Å². The summed E-state index contributed by atoms with van der Waals surface area (Å²) in [6.07, 6.45) is 0. The number of rotatable bonds is 4. The Labute approximate surface area is 97.9 Å². The Morgan fingerprint density at radius 3 is 2.56 bits per heavy atom. The van der Waals surface area contributed by atoms with Crippen LogP contribution in [0.15, 0.2) is 36.4 Å². The molecule has 1 aromatic rings. The lowest BCUT2D eigenvalue weighted by molar-refractivity contribution is -0.481. The zero-order valence-corrected chi connectivity index (χ0v) is 9.15. The first kappa shape index (κ1) is 12.2. The number of hydrogen-bond acceptors (Lipinski definition) is 3. The van der Waals surface area contributed by atoms with E-state index < -0.39 is 10.8 Å². The molecule has 0 radical (unpaired) electrons. The second-order valence-electron chi connectivity index (χ2n) is 3.26. The van der Waals surface area contributed by atoms with Gasteiger partial charge < -0.3 is 0 Å². The zero-order valence-electron chi connectivity index (χ0n) is 8.39. The van der Waals surface area contributed by atoms with Gasteiger partial charge >= 0.3 is 0 Å². The Kier molecular flexibility index (Phi) is 4.03. The molecule has 1 aromatic carbocycles. The third-order valence-electron chi connectivity index (χ3n) is 2.17. The quantitative estimate of drug-likeness (QED) is 0.459. The lowest BCUT2D eigenvalue weighted by atomic mass is 9.93. The molecule has 5 heteroatoms. The summed E-state index contributed by atoms with van der Waals surface area (Å²) in [6.45, 7) is 3.19. The number of halogens is 1. The van der Waals surface area contributed by atoms with E-state index in [1.54, 1.807) is 24.3 Å². The highest BCUT2D eigenvalue weighted by atomic mass is 35.5. The summed E-state index contributed by atoms with van der Waals surface area (Å²) in [4.78, 5) is 10.0. The average molecular weight is 237 g/mol. The molecule has 16 heavy (non-hydrogen) atoms. The molecular weight excluding hydrogens is 228 g/mol. The molecule has 4 nitrogen and oxygen atoms in total. The van der Waals surface area contributed by atoms with E-state index in [0.717, 1.165) is 0 Å². The van der Waals surface area contributed by atoms with Crippen molar-refractivity contribution in [3.63, 3.8) is 0 Å². The predicted molar refractivity (Wildman–Crippen MR) is 60.8 cm³/mol. The first-order valence-electron chi connectivity index (χ1n) is 4.50. The van der Waals surface area contributed by atoms with Crippen molar-refractivity contribution in [3.8, 4) is 6.07 Å². The van der Waals surface area contributed by atoms with Gasteiger partial charge in [0.05, 0.1) is 12.0 Å². The minimum atomic E-state index is -0.586. The van der Waals surface area contributed by atoms with Crippen LogP contribution in [0.3, 0.4) is 0 Å². The summed E-state index contributed by atoms with van der Waals surface area (Å²) in [5, 5.41) is 19.8. The number of nitrogens with zero attached hydrogens (tertiary/aromatic N) is 2. The van der Waals surface area contributed by atoms with Gasteiger partial charge in [-0.1, -0.05) is 30.3 Å². The van der Waals surface area contributed by atoms with Crippen LogP contribution in [0.4, 0.5) is 0 Å². The molecule has 0 aliphatic carbocycles. The van der Waals surface area contributed by atoms with Gasteiger partial charge in [-0.15, -0.1) is 0 Å². The molecular formula is C11H9ClN2O2. The molecule has 1 rings (SSSR count). The second-order valence-corrected chi connectivity index (χ2v) is 3.69. The fraction of sp³-hybridized carbons (Fsp3) is 0.182. The van der Waals surface area contributed by atoms with Crippen LogP contribution >= 0.6 is 11.6 Å². The van der Waals surface area contributed by atoms with E-state index in [1.165, 1.54) is 0 Å². The topological polar surface area (TPSA) is 66.9 Å². The van der Waals surface area contributed by atoms with E-state index >= 15 is 0 Å². The molecule has 0 heterocycles. The van der Waals surface area contributed by atoms with E-state index in [-0.39, 0.29) is 12.1 Å². The Morgan fingerprint density at radius 1 is 1.56 bits per heavy atom. The van der Waals surface area contributed by atoms with Crippen LogP contribution in [0.1, 0.15) is 11.5 Å². The van der Waals surface area contributed by atoms with Gasteiger partial charge in [-0.2, -0.15) is 5.26 Å². The number of hydrogen-bond donors (Lipinski definition) is 0. The van der Waals surface area contributed by atoms with Crippen LogP contribution in [0.5, 0.6) is 0 Å². The highest BCUT2D eigenvalue weighted by Gasteiger charge is 2.20. The van der Waals surface area contributed by atoms with E-state index in [0.29, 0.717) is 10.6 Å². The van der Waals surface area contributed by atoms with Gasteiger partial charge in [-0.05, 0) is 17.7 Å². The Balaban J connectivity index is 3.01. The number of benzene rings is 1. The molecule has 0 N–H and O–H groups in total. The molecule has 0 aliphatic heterocycles. The van der Waals surface area contributed by atoms with Crippen LogP contribution in [0, 0.1) is 21.4 Å². The molecule has 0 aromatic heterocycles. The van der Waals surface area contributed by atoms with Crippen LogP contribution in [0.25, 0.3) is 0 Å². The molecule has 0 aliphatic rings. The van der Waals surface area contributed by atoms with Gasteiger partial charge in [0.1, 0.15) is 0 Å². The first-order chi connectivity index (χ1) is 7.54. The zero-order chi connectivity index (χ0) is 12.1. The molecule has 82 valence electrons. The smallest absolute Gasteiger partial charge is 0.215 e. The van der Waals surface area contributed by atoms with Gasteiger partial charge in [-0.25, -0.2) is 0 Å². The van der Waals surface area contributed by atoms with Crippen molar-refractivity contribution in [3.05, 3.63) is 57.1 Å². The number of nitriles is 1. The van der Waals surface area contributed by atoms with Crippen molar-refractivity contribution in [1.82, 2.24) is 0 Å². The molecule has 0 spiro atoms. The highest BCUT2D eigenvalue weighted by Crippen LogP contribution is 2.24. The van der Waals surface area contributed by atoms with Gasteiger partial charge in [-0.3, -0.25) is 10.1 Å². The molecule has 1 atom stereocenters. The van der Waals surface area contributed by atoms with Crippen LogP contribution in [0.2, 0.25) is 5.02 Å². The minimum absolute atomic E-state index is 0.180. The Bertz CT molecular complexity index is 448. The maximum atomic E-state index is 10.5. The van der Waals surface area contributed by atoms with Gasteiger partial charge in [0.15, 0.2) is 0 Å². The summed E-state index contributed by atoms with van der Waals surface area (Å²) >= 11 is 5.71. The highest BCUT2D eigenvalue weighted by molar-refractivity contribution is 6.30. The summed E-state index contributed by atoms with van der Waals surface area (Å²) in [5.41, 5.74) is 0.853. The lowest BCUT2D eigenvalue weighted by Crippen LogP contribution is -2.13. The van der Waals surface area contributed by atoms with Crippen molar-refractivity contribution in [1.29, 1.82) is 5.26 Å².